The first-order valence-corrected chi connectivity index (χ1v) is 32.7. The Hall–Kier alpha value is -4.45. The number of rotatable bonds is 58. The summed E-state index contributed by atoms with van der Waals surface area (Å²) in [5, 5.41) is 0. The number of hydrogen-bond acceptors (Lipinski definition) is 6. The smallest absolute Gasteiger partial charge is 0.306 e. The Balaban J connectivity index is 4.25. The van der Waals surface area contributed by atoms with Crippen molar-refractivity contribution in [3.05, 3.63) is 134 Å². The predicted molar refractivity (Wildman–Crippen MR) is 343 cm³/mol. The number of carbonyl (C=O) groups is 3. The van der Waals surface area contributed by atoms with E-state index in [2.05, 4.69) is 154 Å². The summed E-state index contributed by atoms with van der Waals surface area (Å²) in [6, 6.07) is 0. The fourth-order valence-corrected chi connectivity index (χ4v) is 8.79. The molecule has 0 rings (SSSR count). The van der Waals surface area contributed by atoms with Crippen molar-refractivity contribution < 1.29 is 28.6 Å². The maximum atomic E-state index is 12.9. The lowest BCUT2D eigenvalue weighted by Crippen LogP contribution is -2.30. The van der Waals surface area contributed by atoms with Crippen molar-refractivity contribution in [1.29, 1.82) is 0 Å². The molecule has 6 heteroatoms. The van der Waals surface area contributed by atoms with Gasteiger partial charge in [-0.3, -0.25) is 14.4 Å². The van der Waals surface area contributed by atoms with Gasteiger partial charge < -0.3 is 14.2 Å². The summed E-state index contributed by atoms with van der Waals surface area (Å²) in [6.07, 6.45) is 93.3. The molecule has 0 aromatic carbocycles. The standard InChI is InChI=1S/C73H120O6/c1-4-7-10-13-16-19-22-25-27-28-29-30-31-32-33-34-35-36-37-38-39-40-41-42-43-44-46-48-51-54-57-60-63-66-72(75)78-69-70(68-77-71(74)65-62-59-56-53-50-47-24-21-18-15-12-9-6-3)79-73(76)67-64-61-58-55-52-49-45-26-23-20-17-14-11-8-5-2/h7,9-10,12,16,18-19,21,25-27,29-30,32-33,35-36,38-39,45,47,50,70H,4-6,8,11,13-15,17,20,22-24,28,31,34,37,40-44,46,48-49,51-69H2,1-3H3/b10-7-,12-9-,19-16-,21-18-,27-25-,30-29-,33-32-,36-35-,39-38-,45-26-,50-47-. The number of ether oxygens (including phenoxy) is 3. The molecule has 0 amide bonds. The summed E-state index contributed by atoms with van der Waals surface area (Å²) in [4.78, 5) is 38.2. The van der Waals surface area contributed by atoms with Crippen molar-refractivity contribution in [3.8, 4) is 0 Å². The fraction of sp³-hybridized carbons (Fsp3) is 0.658. The molecule has 1 unspecified atom stereocenters. The normalized spacial score (nSPS) is 13.0. The van der Waals surface area contributed by atoms with Crippen LogP contribution in [0, 0.1) is 0 Å². The monoisotopic (exact) mass is 1090 g/mol. The van der Waals surface area contributed by atoms with Crippen LogP contribution >= 0.6 is 0 Å². The SMILES string of the molecule is CC/C=C\C/C=C\C/C=C\C/C=C\C/C=C\C/C=C\C/C=C\CCCCCCCCCCCCCC(=O)OCC(COC(=O)CCCCC/C=C\C/C=C\C/C=C\CC)OC(=O)CCCCCCC/C=C\CCCCCCCC. The van der Waals surface area contributed by atoms with Gasteiger partial charge in [0.25, 0.3) is 0 Å². The van der Waals surface area contributed by atoms with Gasteiger partial charge in [-0.25, -0.2) is 0 Å². The van der Waals surface area contributed by atoms with E-state index in [1.807, 2.05) is 0 Å². The number of carbonyl (C=O) groups excluding carboxylic acids is 3. The molecule has 0 spiro atoms. The van der Waals surface area contributed by atoms with E-state index in [-0.39, 0.29) is 31.1 Å². The second-order valence-electron chi connectivity index (χ2n) is 21.3. The number of allylic oxidation sites excluding steroid dienone is 22. The molecule has 0 aliphatic carbocycles. The molecule has 0 aromatic heterocycles. The van der Waals surface area contributed by atoms with Crippen LogP contribution in [0.3, 0.4) is 0 Å². The quantitative estimate of drug-likeness (QED) is 0.0261. The summed E-state index contributed by atoms with van der Waals surface area (Å²) >= 11 is 0. The van der Waals surface area contributed by atoms with Gasteiger partial charge in [-0.1, -0.05) is 270 Å². The zero-order chi connectivity index (χ0) is 57.1. The zero-order valence-corrected chi connectivity index (χ0v) is 51.3. The Morgan fingerprint density at radius 3 is 0.797 bits per heavy atom. The summed E-state index contributed by atoms with van der Waals surface area (Å²) in [5.41, 5.74) is 0. The third kappa shape index (κ3) is 64.3. The molecule has 0 bridgehead atoms. The average molecular weight is 1090 g/mol. The maximum Gasteiger partial charge on any atom is 0.306 e. The third-order valence-electron chi connectivity index (χ3n) is 13.6. The van der Waals surface area contributed by atoms with Gasteiger partial charge in [0, 0.05) is 19.3 Å². The van der Waals surface area contributed by atoms with Crippen molar-refractivity contribution >= 4 is 17.9 Å². The highest BCUT2D eigenvalue weighted by molar-refractivity contribution is 5.71. The van der Waals surface area contributed by atoms with Gasteiger partial charge >= 0.3 is 17.9 Å². The molecule has 6 nitrogen and oxygen atoms in total. The minimum Gasteiger partial charge on any atom is -0.462 e. The fourth-order valence-electron chi connectivity index (χ4n) is 8.79. The molecule has 0 heterocycles. The minimum absolute atomic E-state index is 0.0943. The third-order valence-corrected chi connectivity index (χ3v) is 13.6. The molecule has 0 aliphatic heterocycles. The van der Waals surface area contributed by atoms with Crippen molar-refractivity contribution in [2.75, 3.05) is 13.2 Å². The number of hydrogen-bond donors (Lipinski definition) is 0. The predicted octanol–water partition coefficient (Wildman–Crippen LogP) is 22.5. The lowest BCUT2D eigenvalue weighted by molar-refractivity contribution is -0.167. The molecule has 0 aliphatic rings. The van der Waals surface area contributed by atoms with E-state index in [4.69, 9.17) is 14.2 Å². The zero-order valence-electron chi connectivity index (χ0n) is 51.3. The molecule has 448 valence electrons. The van der Waals surface area contributed by atoms with Crippen molar-refractivity contribution in [3.63, 3.8) is 0 Å². The molecule has 0 aromatic rings. The van der Waals surface area contributed by atoms with Crippen molar-refractivity contribution in [2.45, 2.75) is 297 Å². The first-order valence-electron chi connectivity index (χ1n) is 32.7. The van der Waals surface area contributed by atoms with E-state index in [1.54, 1.807) is 0 Å². The second-order valence-corrected chi connectivity index (χ2v) is 21.3. The first kappa shape index (κ1) is 74.5. The molecule has 0 radical (unpaired) electrons. The van der Waals surface area contributed by atoms with E-state index in [0.29, 0.717) is 19.3 Å². The molecule has 0 N–H and O–H groups in total. The average Bonchev–Trinajstić information content (AvgIpc) is 3.45. The molecule has 0 saturated carbocycles. The van der Waals surface area contributed by atoms with Gasteiger partial charge in [0.1, 0.15) is 13.2 Å². The van der Waals surface area contributed by atoms with E-state index in [1.165, 1.54) is 109 Å². The van der Waals surface area contributed by atoms with Gasteiger partial charge in [-0.15, -0.1) is 0 Å². The lowest BCUT2D eigenvalue weighted by atomic mass is 10.0. The van der Waals surface area contributed by atoms with Crippen LogP contribution in [0.15, 0.2) is 134 Å². The molecular weight excluding hydrogens is 973 g/mol. The van der Waals surface area contributed by atoms with Crippen LogP contribution in [0.5, 0.6) is 0 Å². The van der Waals surface area contributed by atoms with E-state index < -0.39 is 6.10 Å². The van der Waals surface area contributed by atoms with Crippen LogP contribution < -0.4 is 0 Å². The van der Waals surface area contributed by atoms with Gasteiger partial charge in [0.05, 0.1) is 0 Å². The van der Waals surface area contributed by atoms with Crippen LogP contribution in [0.1, 0.15) is 290 Å². The van der Waals surface area contributed by atoms with Crippen molar-refractivity contribution in [1.82, 2.24) is 0 Å². The van der Waals surface area contributed by atoms with Crippen LogP contribution in [-0.2, 0) is 28.6 Å². The van der Waals surface area contributed by atoms with Crippen molar-refractivity contribution in [2.24, 2.45) is 0 Å². The van der Waals surface area contributed by atoms with Crippen LogP contribution in [0.4, 0.5) is 0 Å². The summed E-state index contributed by atoms with van der Waals surface area (Å²) in [5.74, 6) is -0.933. The largest absolute Gasteiger partial charge is 0.462 e. The lowest BCUT2D eigenvalue weighted by Gasteiger charge is -2.18. The highest BCUT2D eigenvalue weighted by Gasteiger charge is 2.19. The van der Waals surface area contributed by atoms with E-state index >= 15 is 0 Å². The van der Waals surface area contributed by atoms with Gasteiger partial charge in [0.2, 0.25) is 0 Å². The summed E-state index contributed by atoms with van der Waals surface area (Å²) < 4.78 is 16.9. The van der Waals surface area contributed by atoms with E-state index in [9.17, 15) is 14.4 Å². The van der Waals surface area contributed by atoms with Crippen LogP contribution in [0.2, 0.25) is 0 Å². The molecule has 0 saturated heterocycles. The molecule has 79 heavy (non-hydrogen) atoms. The van der Waals surface area contributed by atoms with E-state index in [0.717, 1.165) is 141 Å². The summed E-state index contributed by atoms with van der Waals surface area (Å²) in [7, 11) is 0. The van der Waals surface area contributed by atoms with Gasteiger partial charge in [0.15, 0.2) is 6.10 Å². The molecular formula is C73H120O6. The van der Waals surface area contributed by atoms with Crippen LogP contribution in [-0.4, -0.2) is 37.2 Å². The second kappa shape index (κ2) is 66.1. The Bertz CT molecular complexity index is 1680. The van der Waals surface area contributed by atoms with Crippen LogP contribution in [0.25, 0.3) is 0 Å². The molecule has 0 fully saturated rings. The molecule has 1 atom stereocenters. The van der Waals surface area contributed by atoms with Gasteiger partial charge in [-0.2, -0.15) is 0 Å². The number of esters is 3. The highest BCUT2D eigenvalue weighted by Crippen LogP contribution is 2.15. The highest BCUT2D eigenvalue weighted by atomic mass is 16.6. The Kier molecular flexibility index (Phi) is 62.3. The Morgan fingerprint density at radius 1 is 0.266 bits per heavy atom. The minimum atomic E-state index is -0.799. The number of unbranched alkanes of at least 4 members (excludes halogenated alkanes) is 25. The maximum absolute atomic E-state index is 12.9. The Morgan fingerprint density at radius 2 is 0.494 bits per heavy atom. The Labute approximate surface area is 487 Å². The topological polar surface area (TPSA) is 78.9 Å². The van der Waals surface area contributed by atoms with Gasteiger partial charge in [-0.05, 0) is 135 Å². The first-order chi connectivity index (χ1) is 39.0. The summed E-state index contributed by atoms with van der Waals surface area (Å²) in [6.45, 7) is 6.38.